The Morgan fingerprint density at radius 2 is 2.07 bits per heavy atom. The van der Waals surface area contributed by atoms with Gasteiger partial charge in [0.2, 0.25) is 11.9 Å². The van der Waals surface area contributed by atoms with E-state index in [2.05, 4.69) is 0 Å². The summed E-state index contributed by atoms with van der Waals surface area (Å²) in [5.41, 5.74) is 0. The Bertz CT molecular complexity index is 310. The Hall–Kier alpha value is -0.980. The number of carbonyl (C=O) groups excluding carboxylic acids is 2. The minimum absolute atomic E-state index is 0.170. The SMILES string of the molecule is CC1(C)OC[C@H]([C@@H]2OC(=O)C(O)C2=O)O1. The number of rotatable bonds is 1. The zero-order valence-corrected chi connectivity index (χ0v) is 8.43. The zero-order chi connectivity index (χ0) is 11.2. The molecule has 3 atom stereocenters. The smallest absolute Gasteiger partial charge is 0.343 e. The van der Waals surface area contributed by atoms with Crippen LogP contribution in [-0.4, -0.2) is 47.6 Å². The molecule has 0 aromatic heterocycles. The van der Waals surface area contributed by atoms with Crippen LogP contribution < -0.4 is 0 Å². The Morgan fingerprint density at radius 3 is 2.47 bits per heavy atom. The van der Waals surface area contributed by atoms with Gasteiger partial charge in [-0.2, -0.15) is 0 Å². The molecule has 0 aliphatic carbocycles. The molecule has 6 nitrogen and oxygen atoms in total. The van der Waals surface area contributed by atoms with Crippen LogP contribution in [0.2, 0.25) is 0 Å². The molecule has 84 valence electrons. The number of hydrogen-bond donors (Lipinski definition) is 1. The summed E-state index contributed by atoms with van der Waals surface area (Å²) in [5, 5.41) is 9.11. The second-order valence-electron chi connectivity index (χ2n) is 4.03. The lowest BCUT2D eigenvalue weighted by atomic mass is 10.1. The third-order valence-corrected chi connectivity index (χ3v) is 2.38. The molecule has 2 rings (SSSR count). The molecule has 0 aromatic rings. The van der Waals surface area contributed by atoms with E-state index in [1.807, 2.05) is 0 Å². The summed E-state index contributed by atoms with van der Waals surface area (Å²) in [7, 11) is 0. The molecule has 2 heterocycles. The van der Waals surface area contributed by atoms with E-state index in [1.54, 1.807) is 13.8 Å². The van der Waals surface area contributed by atoms with Crippen molar-refractivity contribution in [2.45, 2.75) is 37.9 Å². The van der Waals surface area contributed by atoms with E-state index < -0.39 is 35.9 Å². The fourth-order valence-corrected chi connectivity index (χ4v) is 1.64. The van der Waals surface area contributed by atoms with Crippen LogP contribution in [0.5, 0.6) is 0 Å². The molecule has 1 N–H and O–H groups in total. The van der Waals surface area contributed by atoms with Crippen LogP contribution in [0.3, 0.4) is 0 Å². The first-order chi connectivity index (χ1) is 6.91. The van der Waals surface area contributed by atoms with Crippen molar-refractivity contribution in [1.29, 1.82) is 0 Å². The van der Waals surface area contributed by atoms with Gasteiger partial charge in [-0.3, -0.25) is 4.79 Å². The number of Topliss-reactive ketones (excluding diaryl/α,β-unsaturated/α-hetero) is 1. The molecule has 15 heavy (non-hydrogen) atoms. The van der Waals surface area contributed by atoms with Crippen molar-refractivity contribution >= 4 is 11.8 Å². The monoisotopic (exact) mass is 216 g/mol. The maximum absolute atomic E-state index is 11.4. The maximum Gasteiger partial charge on any atom is 0.343 e. The summed E-state index contributed by atoms with van der Waals surface area (Å²) in [4.78, 5) is 22.3. The summed E-state index contributed by atoms with van der Waals surface area (Å²) < 4.78 is 15.3. The van der Waals surface area contributed by atoms with Crippen molar-refractivity contribution in [3.8, 4) is 0 Å². The molecule has 2 aliphatic heterocycles. The van der Waals surface area contributed by atoms with E-state index in [9.17, 15) is 9.59 Å². The highest BCUT2D eigenvalue weighted by Crippen LogP contribution is 2.28. The van der Waals surface area contributed by atoms with Gasteiger partial charge >= 0.3 is 5.97 Å². The molecule has 0 spiro atoms. The summed E-state index contributed by atoms with van der Waals surface area (Å²) in [6.07, 6.45) is -3.36. The molecule has 2 aliphatic rings. The van der Waals surface area contributed by atoms with Crippen LogP contribution in [-0.2, 0) is 23.8 Å². The Balaban J connectivity index is 2.08. The van der Waals surface area contributed by atoms with Gasteiger partial charge in [-0.1, -0.05) is 0 Å². The Morgan fingerprint density at radius 1 is 1.40 bits per heavy atom. The molecule has 2 saturated heterocycles. The largest absolute Gasteiger partial charge is 0.449 e. The molecular weight excluding hydrogens is 204 g/mol. The summed E-state index contributed by atoms with van der Waals surface area (Å²) in [6, 6.07) is 0. The maximum atomic E-state index is 11.4. The van der Waals surface area contributed by atoms with E-state index in [0.717, 1.165) is 0 Å². The minimum atomic E-state index is -1.68. The summed E-state index contributed by atoms with van der Waals surface area (Å²) >= 11 is 0. The van der Waals surface area contributed by atoms with Crippen molar-refractivity contribution in [3.63, 3.8) is 0 Å². The van der Waals surface area contributed by atoms with Crippen LogP contribution in [0.4, 0.5) is 0 Å². The molecule has 0 bridgehead atoms. The molecule has 0 radical (unpaired) electrons. The Labute approximate surface area is 86.1 Å². The second-order valence-corrected chi connectivity index (χ2v) is 4.03. The molecule has 0 saturated carbocycles. The highest BCUT2D eigenvalue weighted by atomic mass is 16.8. The average Bonchev–Trinajstić information content (AvgIpc) is 2.62. The number of hydrogen-bond acceptors (Lipinski definition) is 6. The number of carbonyl (C=O) groups is 2. The molecular formula is C9H12O6. The highest BCUT2D eigenvalue weighted by molar-refractivity contribution is 6.09. The van der Waals surface area contributed by atoms with Gasteiger partial charge in [0.25, 0.3) is 0 Å². The number of ether oxygens (including phenoxy) is 3. The van der Waals surface area contributed by atoms with Gasteiger partial charge in [-0.05, 0) is 13.8 Å². The van der Waals surface area contributed by atoms with Crippen LogP contribution in [0.25, 0.3) is 0 Å². The van der Waals surface area contributed by atoms with Gasteiger partial charge in [0.1, 0.15) is 6.10 Å². The van der Waals surface area contributed by atoms with Gasteiger partial charge in [0, 0.05) is 0 Å². The standard InChI is InChI=1S/C9H12O6/c1-9(2)13-3-4(15-9)7-5(10)6(11)8(12)14-7/h4,6-7,11H,3H2,1-2H3/t4-,6?,7+/m1/s1. The number of cyclic esters (lactones) is 1. The summed E-state index contributed by atoms with van der Waals surface area (Å²) in [5.74, 6) is -2.37. The van der Waals surface area contributed by atoms with Gasteiger partial charge in [-0.15, -0.1) is 0 Å². The quantitative estimate of drug-likeness (QED) is 0.447. The second kappa shape index (κ2) is 3.26. The van der Waals surface area contributed by atoms with E-state index in [0.29, 0.717) is 0 Å². The average molecular weight is 216 g/mol. The van der Waals surface area contributed by atoms with E-state index in [-0.39, 0.29) is 6.61 Å². The normalized spacial score (nSPS) is 39.5. The fraction of sp³-hybridized carbons (Fsp3) is 0.778. The lowest BCUT2D eigenvalue weighted by molar-refractivity contribution is -0.164. The molecule has 0 aromatic carbocycles. The zero-order valence-electron chi connectivity index (χ0n) is 8.43. The lowest BCUT2D eigenvalue weighted by Crippen LogP contribution is -2.37. The van der Waals surface area contributed by atoms with E-state index in [1.165, 1.54) is 0 Å². The van der Waals surface area contributed by atoms with Gasteiger partial charge in [0.15, 0.2) is 11.9 Å². The third kappa shape index (κ3) is 1.75. The third-order valence-electron chi connectivity index (χ3n) is 2.38. The van der Waals surface area contributed by atoms with Crippen molar-refractivity contribution < 1.29 is 28.9 Å². The molecule has 2 fully saturated rings. The van der Waals surface area contributed by atoms with Crippen molar-refractivity contribution in [3.05, 3.63) is 0 Å². The lowest BCUT2D eigenvalue weighted by Gasteiger charge is -2.18. The number of aliphatic hydroxyl groups is 1. The van der Waals surface area contributed by atoms with Gasteiger partial charge in [-0.25, -0.2) is 4.79 Å². The first-order valence-corrected chi connectivity index (χ1v) is 4.65. The topological polar surface area (TPSA) is 82.1 Å². The van der Waals surface area contributed by atoms with Gasteiger partial charge in [0.05, 0.1) is 6.61 Å². The van der Waals surface area contributed by atoms with Crippen molar-refractivity contribution in [2.24, 2.45) is 0 Å². The van der Waals surface area contributed by atoms with E-state index >= 15 is 0 Å². The minimum Gasteiger partial charge on any atom is -0.449 e. The van der Waals surface area contributed by atoms with Crippen LogP contribution in [0.15, 0.2) is 0 Å². The number of aliphatic hydroxyl groups excluding tert-OH is 1. The first kappa shape index (κ1) is 10.5. The molecule has 6 heteroatoms. The number of ketones is 1. The molecule has 0 amide bonds. The van der Waals surface area contributed by atoms with Gasteiger partial charge < -0.3 is 19.3 Å². The number of esters is 1. The Kier molecular flexibility index (Phi) is 2.29. The van der Waals surface area contributed by atoms with Crippen LogP contribution >= 0.6 is 0 Å². The van der Waals surface area contributed by atoms with Crippen LogP contribution in [0, 0.1) is 0 Å². The fourth-order valence-electron chi connectivity index (χ4n) is 1.64. The predicted octanol–water partition coefficient (Wildman–Crippen LogP) is -1.01. The molecule has 1 unspecified atom stereocenters. The van der Waals surface area contributed by atoms with Crippen LogP contribution in [0.1, 0.15) is 13.8 Å². The van der Waals surface area contributed by atoms with E-state index in [4.69, 9.17) is 19.3 Å². The van der Waals surface area contributed by atoms with Crippen molar-refractivity contribution in [1.82, 2.24) is 0 Å². The predicted molar refractivity (Wildman–Crippen MR) is 45.8 cm³/mol. The summed E-state index contributed by atoms with van der Waals surface area (Å²) in [6.45, 7) is 3.57. The first-order valence-electron chi connectivity index (χ1n) is 4.65. The highest BCUT2D eigenvalue weighted by Gasteiger charge is 2.50. The van der Waals surface area contributed by atoms with Crippen molar-refractivity contribution in [2.75, 3.05) is 6.61 Å².